The van der Waals surface area contributed by atoms with Crippen LogP contribution in [0.4, 0.5) is 0 Å². The van der Waals surface area contributed by atoms with Gasteiger partial charge in [0, 0.05) is 42.3 Å². The highest BCUT2D eigenvalue weighted by Crippen LogP contribution is 2.27. The number of rotatable bonds is 3. The molecule has 1 amide bonds. The zero-order valence-corrected chi connectivity index (χ0v) is 15.6. The molecule has 2 aromatic rings. The highest BCUT2D eigenvalue weighted by atomic mass is 16.2. The molecule has 2 fully saturated rings. The van der Waals surface area contributed by atoms with Crippen molar-refractivity contribution in [1.82, 2.24) is 25.2 Å². The van der Waals surface area contributed by atoms with Gasteiger partial charge in [-0.1, -0.05) is 0 Å². The van der Waals surface area contributed by atoms with E-state index in [-0.39, 0.29) is 17.9 Å². The van der Waals surface area contributed by atoms with E-state index in [0.717, 1.165) is 44.6 Å². The van der Waals surface area contributed by atoms with Crippen molar-refractivity contribution in [2.24, 2.45) is 11.8 Å². The van der Waals surface area contributed by atoms with Gasteiger partial charge >= 0.3 is 0 Å². The Labute approximate surface area is 158 Å². The fraction of sp³-hybridized carbons (Fsp3) is 0.500. The topological polar surface area (TPSA) is 91.0 Å². The van der Waals surface area contributed by atoms with E-state index in [2.05, 4.69) is 20.3 Å². The molecule has 2 N–H and O–H groups in total. The first-order valence-corrected chi connectivity index (χ1v) is 9.60. The molecule has 2 aliphatic heterocycles. The van der Waals surface area contributed by atoms with Crippen molar-refractivity contribution < 1.29 is 4.79 Å². The number of nitrogens with one attached hydrogen (secondary N) is 2. The minimum Gasteiger partial charge on any atom is -0.342 e. The average molecular weight is 367 g/mol. The Balaban J connectivity index is 1.49. The van der Waals surface area contributed by atoms with Crippen LogP contribution in [0.3, 0.4) is 0 Å². The normalized spacial score (nSPS) is 22.3. The van der Waals surface area contributed by atoms with E-state index < -0.39 is 0 Å². The number of H-pyrrole nitrogens is 1. The Morgan fingerprint density at radius 1 is 1.19 bits per heavy atom. The predicted molar refractivity (Wildman–Crippen MR) is 102 cm³/mol. The standard InChI is InChI=1S/C20H25N5O2/c1-13-17(20(27)24-19(23-13)14-2-6-21-7-3-14)10-18(26)25-8-4-15-11-22-12-16(15)5-9-25/h2-3,6-7,15-16,22H,4-5,8-12H2,1H3,(H,23,24,27)/t15-,16+. The summed E-state index contributed by atoms with van der Waals surface area (Å²) in [5.41, 5.74) is 1.63. The van der Waals surface area contributed by atoms with Crippen LogP contribution in [0, 0.1) is 18.8 Å². The number of amides is 1. The molecule has 7 heteroatoms. The fourth-order valence-electron chi connectivity index (χ4n) is 4.20. The van der Waals surface area contributed by atoms with E-state index in [1.54, 1.807) is 31.5 Å². The molecule has 7 nitrogen and oxygen atoms in total. The molecule has 4 rings (SSSR count). The number of hydrogen-bond donors (Lipinski definition) is 2. The molecule has 0 unspecified atom stereocenters. The second-order valence-corrected chi connectivity index (χ2v) is 7.53. The van der Waals surface area contributed by atoms with E-state index >= 15 is 0 Å². The van der Waals surface area contributed by atoms with Gasteiger partial charge in [0.1, 0.15) is 5.82 Å². The summed E-state index contributed by atoms with van der Waals surface area (Å²) in [5.74, 6) is 1.88. The molecule has 0 spiro atoms. The second kappa shape index (κ2) is 7.60. The minimum atomic E-state index is -0.237. The lowest BCUT2D eigenvalue weighted by Crippen LogP contribution is -2.35. The molecule has 2 aliphatic rings. The van der Waals surface area contributed by atoms with Gasteiger partial charge in [0.25, 0.3) is 5.56 Å². The maximum atomic E-state index is 12.8. The maximum Gasteiger partial charge on any atom is 0.255 e. The Morgan fingerprint density at radius 2 is 1.85 bits per heavy atom. The zero-order chi connectivity index (χ0) is 18.8. The number of fused-ring (bicyclic) bond motifs is 1. The molecule has 0 radical (unpaired) electrons. The van der Waals surface area contributed by atoms with Gasteiger partial charge in [-0.2, -0.15) is 0 Å². The Bertz CT molecular complexity index is 866. The molecule has 0 bridgehead atoms. The van der Waals surface area contributed by atoms with Crippen LogP contribution in [0.25, 0.3) is 11.4 Å². The third-order valence-corrected chi connectivity index (χ3v) is 5.88. The number of hydrogen-bond acceptors (Lipinski definition) is 5. The summed E-state index contributed by atoms with van der Waals surface area (Å²) in [6.45, 7) is 5.47. The number of aromatic nitrogens is 3. The highest BCUT2D eigenvalue weighted by molar-refractivity contribution is 5.79. The number of carbonyl (C=O) groups excluding carboxylic acids is 1. The van der Waals surface area contributed by atoms with E-state index in [1.165, 1.54) is 0 Å². The maximum absolute atomic E-state index is 12.8. The first kappa shape index (κ1) is 17.9. The van der Waals surface area contributed by atoms with Gasteiger partial charge in [0.05, 0.1) is 6.42 Å². The van der Waals surface area contributed by atoms with Gasteiger partial charge in [-0.25, -0.2) is 4.98 Å². The van der Waals surface area contributed by atoms with Crippen LogP contribution in [0.2, 0.25) is 0 Å². The average Bonchev–Trinajstić information content (AvgIpc) is 3.03. The van der Waals surface area contributed by atoms with Crippen LogP contribution in [0.5, 0.6) is 0 Å². The van der Waals surface area contributed by atoms with E-state index in [4.69, 9.17) is 0 Å². The molecule has 2 aromatic heterocycles. The minimum absolute atomic E-state index is 0.0231. The molecule has 0 aliphatic carbocycles. The van der Waals surface area contributed by atoms with Crippen LogP contribution in [0.15, 0.2) is 29.3 Å². The number of pyridine rings is 1. The van der Waals surface area contributed by atoms with Crippen molar-refractivity contribution >= 4 is 5.91 Å². The summed E-state index contributed by atoms with van der Waals surface area (Å²) in [7, 11) is 0. The lowest BCUT2D eigenvalue weighted by atomic mass is 9.92. The molecule has 0 aromatic carbocycles. The molecule has 4 heterocycles. The van der Waals surface area contributed by atoms with Gasteiger partial charge in [0.2, 0.25) is 5.91 Å². The highest BCUT2D eigenvalue weighted by Gasteiger charge is 2.31. The fourth-order valence-corrected chi connectivity index (χ4v) is 4.20. The number of likely N-dealkylation sites (tertiary alicyclic amines) is 1. The monoisotopic (exact) mass is 367 g/mol. The van der Waals surface area contributed by atoms with Crippen molar-refractivity contribution in [3.63, 3.8) is 0 Å². The van der Waals surface area contributed by atoms with Gasteiger partial charge < -0.3 is 15.2 Å². The number of aryl methyl sites for hydroxylation is 1. The van der Waals surface area contributed by atoms with Crippen molar-refractivity contribution in [1.29, 1.82) is 0 Å². The smallest absolute Gasteiger partial charge is 0.255 e. The van der Waals surface area contributed by atoms with Crippen molar-refractivity contribution in [3.8, 4) is 11.4 Å². The second-order valence-electron chi connectivity index (χ2n) is 7.53. The first-order chi connectivity index (χ1) is 13.1. The predicted octanol–water partition coefficient (Wildman–Crippen LogP) is 1.14. The van der Waals surface area contributed by atoms with Gasteiger partial charge in [-0.15, -0.1) is 0 Å². The molecule has 2 saturated heterocycles. The first-order valence-electron chi connectivity index (χ1n) is 9.60. The summed E-state index contributed by atoms with van der Waals surface area (Å²) in [6.07, 6.45) is 5.51. The van der Waals surface area contributed by atoms with Crippen LogP contribution in [0.1, 0.15) is 24.1 Å². The number of nitrogens with zero attached hydrogens (tertiary/aromatic N) is 3. The van der Waals surface area contributed by atoms with Crippen LogP contribution in [-0.4, -0.2) is 51.9 Å². The SMILES string of the molecule is Cc1nc(-c2ccncc2)[nH]c(=O)c1CC(=O)N1CC[C@@H]2CNC[C@@H]2CC1. The summed E-state index contributed by atoms with van der Waals surface area (Å²) in [4.78, 5) is 38.6. The largest absolute Gasteiger partial charge is 0.342 e. The molecule has 142 valence electrons. The van der Waals surface area contributed by atoms with E-state index in [1.807, 2.05) is 4.90 Å². The van der Waals surface area contributed by atoms with Crippen LogP contribution < -0.4 is 10.9 Å². The molecule has 2 atom stereocenters. The molecule has 0 saturated carbocycles. The summed E-state index contributed by atoms with van der Waals surface area (Å²) in [6, 6.07) is 3.59. The quantitative estimate of drug-likeness (QED) is 0.849. The molecular formula is C20H25N5O2. The lowest BCUT2D eigenvalue weighted by molar-refractivity contribution is -0.130. The van der Waals surface area contributed by atoms with Gasteiger partial charge in [0.15, 0.2) is 0 Å². The van der Waals surface area contributed by atoms with Crippen molar-refractivity contribution in [3.05, 3.63) is 46.1 Å². The van der Waals surface area contributed by atoms with Gasteiger partial charge in [-0.05, 0) is 56.8 Å². The van der Waals surface area contributed by atoms with Crippen molar-refractivity contribution in [2.45, 2.75) is 26.2 Å². The van der Waals surface area contributed by atoms with Crippen LogP contribution in [-0.2, 0) is 11.2 Å². The van der Waals surface area contributed by atoms with E-state index in [0.29, 0.717) is 28.9 Å². The Kier molecular flexibility index (Phi) is 5.03. The number of carbonyl (C=O) groups is 1. The summed E-state index contributed by atoms with van der Waals surface area (Å²) in [5, 5.41) is 3.45. The summed E-state index contributed by atoms with van der Waals surface area (Å²) >= 11 is 0. The number of aromatic amines is 1. The molecule has 27 heavy (non-hydrogen) atoms. The third-order valence-electron chi connectivity index (χ3n) is 5.88. The zero-order valence-electron chi connectivity index (χ0n) is 15.6. The lowest BCUT2D eigenvalue weighted by Gasteiger charge is -2.21. The molecular weight excluding hydrogens is 342 g/mol. The van der Waals surface area contributed by atoms with Crippen molar-refractivity contribution in [2.75, 3.05) is 26.2 Å². The Morgan fingerprint density at radius 3 is 2.48 bits per heavy atom. The van der Waals surface area contributed by atoms with Gasteiger partial charge in [-0.3, -0.25) is 14.6 Å². The van der Waals surface area contributed by atoms with E-state index in [9.17, 15) is 9.59 Å². The summed E-state index contributed by atoms with van der Waals surface area (Å²) < 4.78 is 0. The Hall–Kier alpha value is -2.54. The third kappa shape index (κ3) is 3.78. The van der Waals surface area contributed by atoms with Crippen LogP contribution >= 0.6 is 0 Å².